The standard InChI is InChI=1S/C24H25BrN6O2/c1-5-16(31(23(32)33)24(2,3)4)12-30-20(25)18(19-21(26)28-13-29-22(19)30)15-10-14-8-6-7-9-17(14)27-11-15/h5-11,13,16H,1,12H2,2-4H3,(H,32,33)(H2,26,28,29)/t16-/m1/s1. The maximum atomic E-state index is 12.1. The van der Waals surface area contributed by atoms with Crippen molar-refractivity contribution >= 4 is 49.8 Å². The van der Waals surface area contributed by atoms with E-state index in [-0.39, 0.29) is 0 Å². The zero-order valence-electron chi connectivity index (χ0n) is 18.7. The van der Waals surface area contributed by atoms with Crippen LogP contribution < -0.4 is 5.73 Å². The second-order valence-electron chi connectivity index (χ2n) is 8.78. The maximum absolute atomic E-state index is 12.1. The van der Waals surface area contributed by atoms with Crippen molar-refractivity contribution in [1.82, 2.24) is 24.4 Å². The zero-order valence-corrected chi connectivity index (χ0v) is 20.2. The Morgan fingerprint density at radius 2 is 2.03 bits per heavy atom. The molecular weight excluding hydrogens is 484 g/mol. The number of benzene rings is 1. The molecule has 8 nitrogen and oxygen atoms in total. The number of aromatic nitrogens is 4. The van der Waals surface area contributed by atoms with Gasteiger partial charge in [0.05, 0.1) is 21.5 Å². The van der Waals surface area contributed by atoms with Crippen molar-refractivity contribution < 1.29 is 9.90 Å². The summed E-state index contributed by atoms with van der Waals surface area (Å²) in [5, 5.41) is 11.6. The van der Waals surface area contributed by atoms with Crippen LogP contribution in [0.4, 0.5) is 10.6 Å². The number of pyridine rings is 1. The summed E-state index contributed by atoms with van der Waals surface area (Å²) in [5.41, 5.74) is 8.82. The Morgan fingerprint density at radius 3 is 2.70 bits per heavy atom. The number of nitrogen functional groups attached to an aromatic ring is 1. The van der Waals surface area contributed by atoms with E-state index in [2.05, 4.69) is 37.5 Å². The first-order valence-electron chi connectivity index (χ1n) is 10.4. The Balaban J connectivity index is 1.92. The predicted octanol–water partition coefficient (Wildman–Crippen LogP) is 5.32. The van der Waals surface area contributed by atoms with Crippen LogP contribution in [0.5, 0.6) is 0 Å². The number of nitrogens with two attached hydrogens (primary N) is 1. The Bertz CT molecular complexity index is 1370. The van der Waals surface area contributed by atoms with Gasteiger partial charge in [0.2, 0.25) is 0 Å². The molecule has 0 aliphatic heterocycles. The lowest BCUT2D eigenvalue weighted by Gasteiger charge is -2.38. The molecule has 0 bridgehead atoms. The molecule has 9 heteroatoms. The summed E-state index contributed by atoms with van der Waals surface area (Å²) < 4.78 is 2.62. The van der Waals surface area contributed by atoms with E-state index in [0.29, 0.717) is 28.0 Å². The highest BCUT2D eigenvalue weighted by molar-refractivity contribution is 9.10. The first-order chi connectivity index (χ1) is 15.6. The first kappa shape index (κ1) is 22.7. The SMILES string of the molecule is C=C[C@H](Cn1c(Br)c(-c2cnc3ccccc3c2)c2c(N)ncnc21)N(C(=O)O)C(C)(C)C. The summed E-state index contributed by atoms with van der Waals surface area (Å²) in [6.07, 6.45) is 3.82. The Morgan fingerprint density at radius 1 is 1.30 bits per heavy atom. The lowest BCUT2D eigenvalue weighted by molar-refractivity contribution is 0.0786. The van der Waals surface area contributed by atoms with Crippen LogP contribution in [0.1, 0.15) is 20.8 Å². The van der Waals surface area contributed by atoms with E-state index in [1.807, 2.05) is 55.7 Å². The van der Waals surface area contributed by atoms with Crippen LogP contribution in [0.2, 0.25) is 0 Å². The minimum absolute atomic E-state index is 0.293. The number of hydrogen-bond acceptors (Lipinski definition) is 5. The van der Waals surface area contributed by atoms with E-state index in [1.165, 1.54) is 11.2 Å². The van der Waals surface area contributed by atoms with Crippen molar-refractivity contribution in [2.24, 2.45) is 0 Å². The van der Waals surface area contributed by atoms with Crippen LogP contribution in [-0.4, -0.2) is 47.2 Å². The van der Waals surface area contributed by atoms with Gasteiger partial charge in [-0.2, -0.15) is 0 Å². The van der Waals surface area contributed by atoms with Gasteiger partial charge in [-0.25, -0.2) is 14.8 Å². The second-order valence-corrected chi connectivity index (χ2v) is 9.53. The highest BCUT2D eigenvalue weighted by Gasteiger charge is 2.33. The number of carbonyl (C=O) groups is 1. The molecule has 0 saturated carbocycles. The lowest BCUT2D eigenvalue weighted by Crippen LogP contribution is -2.51. The van der Waals surface area contributed by atoms with Crippen LogP contribution in [0.15, 0.2) is 60.1 Å². The minimum atomic E-state index is -1.02. The molecular formula is C24H25BrN6O2. The smallest absolute Gasteiger partial charge is 0.408 e. The molecule has 4 aromatic rings. The molecule has 3 heterocycles. The van der Waals surface area contributed by atoms with Crippen LogP contribution in [0.3, 0.4) is 0 Å². The van der Waals surface area contributed by atoms with Gasteiger partial charge in [0.25, 0.3) is 0 Å². The van der Waals surface area contributed by atoms with Gasteiger partial charge in [-0.1, -0.05) is 24.3 Å². The fourth-order valence-corrected chi connectivity index (χ4v) is 4.92. The molecule has 4 rings (SSSR count). The molecule has 0 radical (unpaired) electrons. The third kappa shape index (κ3) is 4.04. The number of anilines is 1. The van der Waals surface area contributed by atoms with Crippen LogP contribution >= 0.6 is 15.9 Å². The monoisotopic (exact) mass is 508 g/mol. The maximum Gasteiger partial charge on any atom is 0.408 e. The van der Waals surface area contributed by atoms with E-state index in [4.69, 9.17) is 5.73 Å². The van der Waals surface area contributed by atoms with Crippen molar-refractivity contribution in [1.29, 1.82) is 0 Å². The number of nitrogens with zero attached hydrogens (tertiary/aromatic N) is 5. The second kappa shape index (κ2) is 8.47. The average molecular weight is 509 g/mol. The Hall–Kier alpha value is -3.46. The van der Waals surface area contributed by atoms with Crippen LogP contribution in [-0.2, 0) is 6.54 Å². The number of carboxylic acid groups (broad SMARTS) is 1. The fourth-order valence-electron chi connectivity index (χ4n) is 4.18. The summed E-state index contributed by atoms with van der Waals surface area (Å²) in [6, 6.07) is 9.40. The summed E-state index contributed by atoms with van der Waals surface area (Å²) in [7, 11) is 0. The molecule has 1 atom stereocenters. The van der Waals surface area contributed by atoms with Crippen molar-refractivity contribution in [2.45, 2.75) is 38.9 Å². The van der Waals surface area contributed by atoms with Gasteiger partial charge in [-0.05, 0) is 48.8 Å². The molecule has 0 spiro atoms. The van der Waals surface area contributed by atoms with Gasteiger partial charge in [-0.3, -0.25) is 9.88 Å². The average Bonchev–Trinajstić information content (AvgIpc) is 3.04. The molecule has 1 aromatic carbocycles. The van der Waals surface area contributed by atoms with Crippen molar-refractivity contribution in [2.75, 3.05) is 5.73 Å². The molecule has 0 saturated heterocycles. The predicted molar refractivity (Wildman–Crippen MR) is 134 cm³/mol. The van der Waals surface area contributed by atoms with E-state index < -0.39 is 17.7 Å². The number of para-hydroxylation sites is 1. The highest BCUT2D eigenvalue weighted by atomic mass is 79.9. The van der Waals surface area contributed by atoms with Gasteiger partial charge in [0, 0.05) is 34.8 Å². The molecule has 0 aliphatic carbocycles. The van der Waals surface area contributed by atoms with Crippen molar-refractivity contribution in [3.05, 3.63) is 60.1 Å². The number of halogens is 1. The normalized spacial score (nSPS) is 12.7. The third-order valence-electron chi connectivity index (χ3n) is 5.59. The Kier molecular flexibility index (Phi) is 5.84. The van der Waals surface area contributed by atoms with Crippen molar-refractivity contribution in [3.63, 3.8) is 0 Å². The molecule has 1 amide bonds. The van der Waals surface area contributed by atoms with Gasteiger partial charge in [-0.15, -0.1) is 6.58 Å². The van der Waals surface area contributed by atoms with Crippen LogP contribution in [0.25, 0.3) is 33.1 Å². The number of hydrogen-bond donors (Lipinski definition) is 2. The molecule has 3 N–H and O–H groups in total. The summed E-state index contributed by atoms with van der Waals surface area (Å²) in [4.78, 5) is 26.8. The van der Waals surface area contributed by atoms with Crippen molar-refractivity contribution in [3.8, 4) is 11.1 Å². The van der Waals surface area contributed by atoms with E-state index >= 15 is 0 Å². The van der Waals surface area contributed by atoms with Crippen LogP contribution in [0, 0.1) is 0 Å². The highest BCUT2D eigenvalue weighted by Crippen LogP contribution is 2.40. The molecule has 170 valence electrons. The van der Waals surface area contributed by atoms with E-state index in [9.17, 15) is 9.90 Å². The van der Waals surface area contributed by atoms with Gasteiger partial charge in [0.15, 0.2) is 0 Å². The topological polar surface area (TPSA) is 110 Å². The van der Waals surface area contributed by atoms with E-state index in [0.717, 1.165) is 22.0 Å². The molecule has 33 heavy (non-hydrogen) atoms. The summed E-state index contributed by atoms with van der Waals surface area (Å²) >= 11 is 3.74. The Labute approximate surface area is 199 Å². The molecule has 0 aliphatic rings. The largest absolute Gasteiger partial charge is 0.465 e. The zero-order chi connectivity index (χ0) is 23.9. The minimum Gasteiger partial charge on any atom is -0.465 e. The number of fused-ring (bicyclic) bond motifs is 2. The number of rotatable bonds is 5. The number of amides is 1. The summed E-state index contributed by atoms with van der Waals surface area (Å²) in [5.74, 6) is 0.337. The quantitative estimate of drug-likeness (QED) is 0.352. The van der Waals surface area contributed by atoms with Gasteiger partial charge >= 0.3 is 6.09 Å². The van der Waals surface area contributed by atoms with Gasteiger partial charge in [0.1, 0.15) is 17.8 Å². The molecule has 3 aromatic heterocycles. The third-order valence-corrected chi connectivity index (χ3v) is 6.41. The molecule has 0 fully saturated rings. The fraction of sp³-hybridized carbons (Fsp3) is 0.250. The van der Waals surface area contributed by atoms with E-state index in [1.54, 1.807) is 12.3 Å². The first-order valence-corrected chi connectivity index (χ1v) is 11.2. The van der Waals surface area contributed by atoms with Gasteiger partial charge < -0.3 is 15.4 Å². The lowest BCUT2D eigenvalue weighted by atomic mass is 10.0. The molecule has 0 unspecified atom stereocenters. The summed E-state index contributed by atoms with van der Waals surface area (Å²) in [6.45, 7) is 9.75.